The van der Waals surface area contributed by atoms with Gasteiger partial charge in [0.2, 0.25) is 0 Å². The minimum absolute atomic E-state index is 0.181. The van der Waals surface area contributed by atoms with Crippen LogP contribution < -0.4 is 10.6 Å². The summed E-state index contributed by atoms with van der Waals surface area (Å²) in [7, 11) is 0. The van der Waals surface area contributed by atoms with Crippen LogP contribution in [-0.2, 0) is 5.75 Å². The van der Waals surface area contributed by atoms with Gasteiger partial charge in [-0.15, -0.1) is 11.3 Å². The molecular formula is C15H16N2OS3. The van der Waals surface area contributed by atoms with Crippen LogP contribution >= 0.6 is 35.3 Å². The van der Waals surface area contributed by atoms with Crippen LogP contribution in [0, 0.1) is 0 Å². The van der Waals surface area contributed by atoms with Crippen LogP contribution in [0.4, 0.5) is 0 Å². The van der Waals surface area contributed by atoms with Crippen LogP contribution in [0.2, 0.25) is 0 Å². The molecule has 0 atom stereocenters. The fraction of sp³-hybridized carbons (Fsp3) is 0.200. The zero-order valence-corrected chi connectivity index (χ0v) is 13.8. The number of rotatable bonds is 6. The minimum atomic E-state index is -0.181. The number of amides is 1. The Bertz CT molecular complexity index is 570. The van der Waals surface area contributed by atoms with Gasteiger partial charge >= 0.3 is 0 Å². The van der Waals surface area contributed by atoms with Gasteiger partial charge in [-0.05, 0) is 35.8 Å². The van der Waals surface area contributed by atoms with Crippen molar-refractivity contribution in [3.05, 3.63) is 58.3 Å². The first-order chi connectivity index (χ1) is 10.3. The number of benzene rings is 1. The molecule has 3 nitrogen and oxygen atoms in total. The van der Waals surface area contributed by atoms with Crippen LogP contribution in [-0.4, -0.2) is 23.3 Å². The summed E-state index contributed by atoms with van der Waals surface area (Å²) < 4.78 is 0. The highest BCUT2D eigenvalue weighted by Crippen LogP contribution is 2.16. The number of thioether (sulfide) groups is 1. The van der Waals surface area contributed by atoms with E-state index in [1.165, 1.54) is 4.88 Å². The topological polar surface area (TPSA) is 41.1 Å². The van der Waals surface area contributed by atoms with E-state index in [-0.39, 0.29) is 5.91 Å². The molecule has 0 bridgehead atoms. The van der Waals surface area contributed by atoms with Gasteiger partial charge in [-0.3, -0.25) is 10.1 Å². The quantitative estimate of drug-likeness (QED) is 0.627. The van der Waals surface area contributed by atoms with E-state index in [2.05, 4.69) is 28.1 Å². The molecule has 1 heterocycles. The molecule has 0 unspecified atom stereocenters. The van der Waals surface area contributed by atoms with Crippen LogP contribution in [0.3, 0.4) is 0 Å². The number of thiocarbonyl (C=S) groups is 1. The van der Waals surface area contributed by atoms with Crippen molar-refractivity contribution in [2.24, 2.45) is 0 Å². The summed E-state index contributed by atoms with van der Waals surface area (Å²) >= 11 is 8.72. The van der Waals surface area contributed by atoms with Gasteiger partial charge in [0.1, 0.15) is 0 Å². The number of hydrogen-bond acceptors (Lipinski definition) is 4. The fourth-order valence-corrected chi connectivity index (χ4v) is 3.51. The lowest BCUT2D eigenvalue weighted by atomic mass is 10.2. The summed E-state index contributed by atoms with van der Waals surface area (Å²) in [6, 6.07) is 13.2. The van der Waals surface area contributed by atoms with Gasteiger partial charge in [0, 0.05) is 28.5 Å². The summed E-state index contributed by atoms with van der Waals surface area (Å²) in [4.78, 5) is 13.2. The molecule has 0 aliphatic heterocycles. The highest BCUT2D eigenvalue weighted by Gasteiger charge is 2.06. The molecule has 21 heavy (non-hydrogen) atoms. The Morgan fingerprint density at radius 2 is 2.00 bits per heavy atom. The second-order valence-electron chi connectivity index (χ2n) is 4.21. The summed E-state index contributed by atoms with van der Waals surface area (Å²) in [6.07, 6.45) is 0. The van der Waals surface area contributed by atoms with E-state index in [1.54, 1.807) is 23.5 Å². The smallest absolute Gasteiger partial charge is 0.257 e. The standard InChI is InChI=1S/C15H16N2OS3/c18-14(12-5-2-1-3-6-12)17-15(19)16-8-10-20-11-13-7-4-9-21-13/h1-7,9H,8,10-11H2,(H2,16,17,18,19). The first-order valence-corrected chi connectivity index (χ1v) is 8.94. The van der Waals surface area contributed by atoms with Crippen molar-refractivity contribution >= 4 is 46.3 Å². The largest absolute Gasteiger partial charge is 0.362 e. The normalized spacial score (nSPS) is 10.1. The third-order valence-electron chi connectivity index (χ3n) is 2.62. The van der Waals surface area contributed by atoms with Crippen LogP contribution in [0.5, 0.6) is 0 Å². The maximum absolute atomic E-state index is 11.9. The van der Waals surface area contributed by atoms with Crippen molar-refractivity contribution in [3.8, 4) is 0 Å². The van der Waals surface area contributed by atoms with Crippen LogP contribution in [0.1, 0.15) is 15.2 Å². The molecule has 2 aromatic rings. The molecule has 0 spiro atoms. The monoisotopic (exact) mass is 336 g/mol. The van der Waals surface area contributed by atoms with Crippen molar-refractivity contribution < 1.29 is 4.79 Å². The number of hydrogen-bond donors (Lipinski definition) is 2. The predicted octanol–water partition coefficient (Wildman–Crippen LogP) is 3.29. The van der Waals surface area contributed by atoms with Gasteiger partial charge in [-0.2, -0.15) is 11.8 Å². The highest BCUT2D eigenvalue weighted by molar-refractivity contribution is 7.98. The molecule has 110 valence electrons. The Balaban J connectivity index is 1.60. The van der Waals surface area contributed by atoms with E-state index in [0.717, 1.165) is 18.1 Å². The van der Waals surface area contributed by atoms with Gasteiger partial charge in [-0.25, -0.2) is 0 Å². The van der Waals surface area contributed by atoms with Gasteiger partial charge in [0.15, 0.2) is 5.11 Å². The summed E-state index contributed by atoms with van der Waals surface area (Å²) in [5.41, 5.74) is 0.605. The summed E-state index contributed by atoms with van der Waals surface area (Å²) in [6.45, 7) is 0.740. The first kappa shape index (κ1) is 16.0. The Morgan fingerprint density at radius 1 is 1.19 bits per heavy atom. The third-order valence-corrected chi connectivity index (χ3v) is 4.93. The SMILES string of the molecule is O=C(NC(=S)NCCSCc1cccs1)c1ccccc1. The molecule has 0 saturated carbocycles. The lowest BCUT2D eigenvalue weighted by Crippen LogP contribution is -2.40. The van der Waals surface area contributed by atoms with E-state index in [4.69, 9.17) is 12.2 Å². The number of thiophene rings is 1. The molecule has 0 aliphatic carbocycles. The lowest BCUT2D eigenvalue weighted by Gasteiger charge is -2.09. The van der Waals surface area contributed by atoms with E-state index in [9.17, 15) is 4.79 Å². The van der Waals surface area contributed by atoms with Crippen molar-refractivity contribution in [1.82, 2.24) is 10.6 Å². The predicted molar refractivity (Wildman–Crippen MR) is 95.0 cm³/mol. The fourth-order valence-electron chi connectivity index (χ4n) is 1.61. The van der Waals surface area contributed by atoms with Crippen molar-refractivity contribution in [1.29, 1.82) is 0 Å². The van der Waals surface area contributed by atoms with Gasteiger partial charge in [0.05, 0.1) is 0 Å². The Morgan fingerprint density at radius 3 is 2.71 bits per heavy atom. The highest BCUT2D eigenvalue weighted by atomic mass is 32.2. The molecule has 0 aliphatic rings. The van der Waals surface area contributed by atoms with Gasteiger partial charge < -0.3 is 5.32 Å². The Labute approximate surface area is 138 Å². The number of carbonyl (C=O) groups is 1. The van der Waals surface area contributed by atoms with Crippen LogP contribution in [0.15, 0.2) is 47.8 Å². The average molecular weight is 337 g/mol. The molecule has 0 fully saturated rings. The van der Waals surface area contributed by atoms with E-state index < -0.39 is 0 Å². The third kappa shape index (κ3) is 5.87. The lowest BCUT2D eigenvalue weighted by molar-refractivity contribution is 0.0976. The molecule has 0 saturated heterocycles. The Hall–Kier alpha value is -1.37. The maximum atomic E-state index is 11.9. The molecule has 1 aromatic carbocycles. The second kappa shape index (κ2) is 8.81. The molecule has 0 radical (unpaired) electrons. The second-order valence-corrected chi connectivity index (χ2v) is 6.75. The minimum Gasteiger partial charge on any atom is -0.362 e. The van der Waals surface area contributed by atoms with Crippen LogP contribution in [0.25, 0.3) is 0 Å². The van der Waals surface area contributed by atoms with E-state index in [1.807, 2.05) is 30.0 Å². The maximum Gasteiger partial charge on any atom is 0.257 e. The molecule has 1 aromatic heterocycles. The van der Waals surface area contributed by atoms with Gasteiger partial charge in [0.25, 0.3) is 5.91 Å². The van der Waals surface area contributed by atoms with Crippen molar-refractivity contribution in [2.75, 3.05) is 12.3 Å². The molecular weight excluding hydrogens is 320 g/mol. The molecule has 6 heteroatoms. The van der Waals surface area contributed by atoms with E-state index in [0.29, 0.717) is 10.7 Å². The number of nitrogens with one attached hydrogen (secondary N) is 2. The number of carbonyl (C=O) groups excluding carboxylic acids is 1. The zero-order valence-electron chi connectivity index (χ0n) is 11.4. The average Bonchev–Trinajstić information content (AvgIpc) is 3.01. The molecule has 2 N–H and O–H groups in total. The first-order valence-electron chi connectivity index (χ1n) is 6.50. The van der Waals surface area contributed by atoms with Crippen molar-refractivity contribution in [2.45, 2.75) is 5.75 Å². The zero-order chi connectivity index (χ0) is 14.9. The molecule has 2 rings (SSSR count). The van der Waals surface area contributed by atoms with E-state index >= 15 is 0 Å². The molecule has 1 amide bonds. The Kier molecular flexibility index (Phi) is 6.72. The summed E-state index contributed by atoms with van der Waals surface area (Å²) in [5, 5.41) is 8.18. The van der Waals surface area contributed by atoms with Gasteiger partial charge in [-0.1, -0.05) is 24.3 Å². The summed E-state index contributed by atoms with van der Waals surface area (Å²) in [5.74, 6) is 1.78. The van der Waals surface area contributed by atoms with Crippen molar-refractivity contribution in [3.63, 3.8) is 0 Å².